The van der Waals surface area contributed by atoms with E-state index in [1.165, 1.54) is 122 Å². The van der Waals surface area contributed by atoms with E-state index in [0.29, 0.717) is 19.3 Å². The third kappa shape index (κ3) is 57.1. The maximum absolute atomic E-state index is 12.8. The molecule has 0 saturated heterocycles. The SMILES string of the molecule is CC/C=C\C/C=C\C/C=C\C/C=C\C/C=C\C/C=C\CCCCCCCCCCCCCCC(=O)OCC(COC(=O)CCCCCCC/C=C\CCCC)OC(=O)CCCCCCC/C=C\CCCC. The van der Waals surface area contributed by atoms with Gasteiger partial charge in [-0.3, -0.25) is 14.4 Å². The van der Waals surface area contributed by atoms with Gasteiger partial charge in [-0.2, -0.15) is 0 Å². The number of hydrogen-bond acceptors (Lipinski definition) is 6. The van der Waals surface area contributed by atoms with Gasteiger partial charge in [0, 0.05) is 19.3 Å². The summed E-state index contributed by atoms with van der Waals surface area (Å²) in [6.45, 7) is 6.44. The second kappa shape index (κ2) is 58.9. The molecule has 0 aliphatic carbocycles. The summed E-state index contributed by atoms with van der Waals surface area (Å²) in [6.07, 6.45) is 78.5. The van der Waals surface area contributed by atoms with Crippen LogP contribution in [0.4, 0.5) is 0 Å². The highest BCUT2D eigenvalue weighted by atomic mass is 16.6. The minimum atomic E-state index is -0.784. The first kappa shape index (κ1) is 67.3. The lowest BCUT2D eigenvalue weighted by Crippen LogP contribution is -2.30. The second-order valence-electron chi connectivity index (χ2n) is 19.5. The summed E-state index contributed by atoms with van der Waals surface area (Å²) in [5.41, 5.74) is 0. The first-order chi connectivity index (χ1) is 35.0. The fourth-order valence-electron chi connectivity index (χ4n) is 8.06. The standard InChI is InChI=1S/C65H110O6/c1-4-7-10-13-16-19-22-23-24-25-26-27-28-29-30-31-32-33-34-35-36-37-38-39-40-41-44-46-49-52-55-58-64(67)70-61-62(71-65(68)59-56-53-50-47-43-21-18-15-12-9-6-3)60-69-63(66)57-54-51-48-45-42-20-17-14-11-8-5-2/h7,10,14-19,23-24,26-27,29-30,32-33,62H,4-6,8-9,11-13,20-22,25,28,31,34-61H2,1-3H3/b10-7-,17-14-,18-15-,19-16-,24-23-,27-26-,30-29-,33-32-. The first-order valence-electron chi connectivity index (χ1n) is 29.7. The van der Waals surface area contributed by atoms with Gasteiger partial charge in [0.05, 0.1) is 0 Å². The predicted octanol–water partition coefficient (Wildman–Crippen LogP) is 20.1. The van der Waals surface area contributed by atoms with Gasteiger partial charge in [0.2, 0.25) is 0 Å². The number of carbonyl (C=O) groups is 3. The minimum Gasteiger partial charge on any atom is -0.462 e. The second-order valence-corrected chi connectivity index (χ2v) is 19.5. The van der Waals surface area contributed by atoms with Crippen LogP contribution >= 0.6 is 0 Å². The van der Waals surface area contributed by atoms with E-state index in [1.54, 1.807) is 0 Å². The molecular weight excluding hydrogens is 877 g/mol. The van der Waals surface area contributed by atoms with Crippen molar-refractivity contribution in [2.45, 2.75) is 284 Å². The highest BCUT2D eigenvalue weighted by Gasteiger charge is 2.19. The normalized spacial score (nSPS) is 12.8. The number of hydrogen-bond donors (Lipinski definition) is 0. The molecule has 0 spiro atoms. The predicted molar refractivity (Wildman–Crippen MR) is 307 cm³/mol. The van der Waals surface area contributed by atoms with Crippen LogP contribution in [0.15, 0.2) is 97.2 Å². The highest BCUT2D eigenvalue weighted by molar-refractivity contribution is 5.71. The molecule has 1 atom stereocenters. The number of rotatable bonds is 53. The van der Waals surface area contributed by atoms with Crippen molar-refractivity contribution in [3.8, 4) is 0 Å². The van der Waals surface area contributed by atoms with Gasteiger partial charge in [0.15, 0.2) is 6.10 Å². The van der Waals surface area contributed by atoms with Crippen molar-refractivity contribution in [2.75, 3.05) is 13.2 Å². The zero-order valence-electron chi connectivity index (χ0n) is 46.5. The Labute approximate surface area is 438 Å². The molecular formula is C65H110O6. The van der Waals surface area contributed by atoms with Gasteiger partial charge < -0.3 is 14.2 Å². The van der Waals surface area contributed by atoms with Crippen molar-refractivity contribution in [3.63, 3.8) is 0 Å². The zero-order valence-corrected chi connectivity index (χ0v) is 46.5. The van der Waals surface area contributed by atoms with Crippen LogP contribution in [0.2, 0.25) is 0 Å². The summed E-state index contributed by atoms with van der Waals surface area (Å²) < 4.78 is 16.8. The fourth-order valence-corrected chi connectivity index (χ4v) is 8.06. The van der Waals surface area contributed by atoms with Gasteiger partial charge in [-0.25, -0.2) is 0 Å². The number of allylic oxidation sites excluding steroid dienone is 16. The molecule has 6 heteroatoms. The lowest BCUT2D eigenvalue weighted by Gasteiger charge is -2.18. The molecule has 0 heterocycles. The Kier molecular flexibility index (Phi) is 55.9. The van der Waals surface area contributed by atoms with E-state index in [9.17, 15) is 14.4 Å². The lowest BCUT2D eigenvalue weighted by atomic mass is 10.0. The Morgan fingerprint density at radius 1 is 0.296 bits per heavy atom. The van der Waals surface area contributed by atoms with E-state index in [1.807, 2.05) is 0 Å². The van der Waals surface area contributed by atoms with Crippen molar-refractivity contribution < 1.29 is 28.6 Å². The van der Waals surface area contributed by atoms with Gasteiger partial charge in [-0.1, -0.05) is 246 Å². The molecule has 0 bridgehead atoms. The molecule has 0 fully saturated rings. The van der Waals surface area contributed by atoms with Crippen LogP contribution in [0.3, 0.4) is 0 Å². The minimum absolute atomic E-state index is 0.0833. The van der Waals surface area contributed by atoms with Crippen LogP contribution < -0.4 is 0 Å². The van der Waals surface area contributed by atoms with E-state index in [2.05, 4.69) is 118 Å². The molecule has 6 nitrogen and oxygen atoms in total. The third-order valence-corrected chi connectivity index (χ3v) is 12.5. The average Bonchev–Trinajstić information content (AvgIpc) is 3.37. The van der Waals surface area contributed by atoms with Gasteiger partial charge >= 0.3 is 17.9 Å². The molecule has 1 unspecified atom stereocenters. The van der Waals surface area contributed by atoms with Gasteiger partial charge in [-0.05, 0) is 109 Å². The molecule has 0 aromatic carbocycles. The Bertz CT molecular complexity index is 1410. The molecule has 0 radical (unpaired) electrons. The summed E-state index contributed by atoms with van der Waals surface area (Å²) >= 11 is 0. The van der Waals surface area contributed by atoms with E-state index in [4.69, 9.17) is 14.2 Å². The lowest BCUT2D eigenvalue weighted by molar-refractivity contribution is -0.167. The first-order valence-corrected chi connectivity index (χ1v) is 29.7. The average molecular weight is 988 g/mol. The van der Waals surface area contributed by atoms with Crippen LogP contribution in [-0.4, -0.2) is 37.2 Å². The van der Waals surface area contributed by atoms with Crippen LogP contribution in [-0.2, 0) is 28.6 Å². The zero-order chi connectivity index (χ0) is 51.4. The van der Waals surface area contributed by atoms with Crippen LogP contribution in [0.25, 0.3) is 0 Å². The topological polar surface area (TPSA) is 78.9 Å². The largest absolute Gasteiger partial charge is 0.462 e. The third-order valence-electron chi connectivity index (χ3n) is 12.5. The number of ether oxygens (including phenoxy) is 3. The monoisotopic (exact) mass is 987 g/mol. The fraction of sp³-hybridized carbons (Fsp3) is 0.708. The van der Waals surface area contributed by atoms with Crippen molar-refractivity contribution in [1.82, 2.24) is 0 Å². The van der Waals surface area contributed by atoms with Gasteiger partial charge in [-0.15, -0.1) is 0 Å². The van der Waals surface area contributed by atoms with E-state index in [-0.39, 0.29) is 31.1 Å². The van der Waals surface area contributed by atoms with Crippen LogP contribution in [0.5, 0.6) is 0 Å². The van der Waals surface area contributed by atoms with Gasteiger partial charge in [0.1, 0.15) is 13.2 Å². The molecule has 0 saturated carbocycles. The highest BCUT2D eigenvalue weighted by Crippen LogP contribution is 2.15. The number of carbonyl (C=O) groups excluding carboxylic acids is 3. The van der Waals surface area contributed by atoms with E-state index >= 15 is 0 Å². The van der Waals surface area contributed by atoms with Crippen LogP contribution in [0, 0.1) is 0 Å². The number of unbranched alkanes of at least 4 members (excludes halogenated alkanes) is 26. The molecule has 0 amide bonds. The summed E-state index contributed by atoms with van der Waals surface area (Å²) in [6, 6.07) is 0. The number of esters is 3. The van der Waals surface area contributed by atoms with Crippen molar-refractivity contribution >= 4 is 17.9 Å². The Balaban J connectivity index is 4.14. The van der Waals surface area contributed by atoms with Crippen LogP contribution in [0.1, 0.15) is 278 Å². The van der Waals surface area contributed by atoms with Crippen molar-refractivity contribution in [2.24, 2.45) is 0 Å². The molecule has 0 rings (SSSR count). The Morgan fingerprint density at radius 3 is 0.873 bits per heavy atom. The maximum atomic E-state index is 12.8. The summed E-state index contributed by atoms with van der Waals surface area (Å²) in [7, 11) is 0. The summed E-state index contributed by atoms with van der Waals surface area (Å²) in [5, 5.41) is 0. The quantitative estimate of drug-likeness (QED) is 0.0261. The van der Waals surface area contributed by atoms with Gasteiger partial charge in [0.25, 0.3) is 0 Å². The molecule has 0 aromatic heterocycles. The van der Waals surface area contributed by atoms with Crippen molar-refractivity contribution in [1.29, 1.82) is 0 Å². The molecule has 0 aliphatic heterocycles. The molecule has 71 heavy (non-hydrogen) atoms. The maximum Gasteiger partial charge on any atom is 0.306 e. The summed E-state index contributed by atoms with van der Waals surface area (Å²) in [4.78, 5) is 38.0. The summed E-state index contributed by atoms with van der Waals surface area (Å²) in [5.74, 6) is -0.903. The van der Waals surface area contributed by atoms with Crippen molar-refractivity contribution in [3.05, 3.63) is 97.2 Å². The molecule has 0 aromatic rings. The Hall–Kier alpha value is -3.67. The molecule has 0 N–H and O–H groups in total. The molecule has 0 aliphatic rings. The van der Waals surface area contributed by atoms with E-state index < -0.39 is 6.10 Å². The Morgan fingerprint density at radius 2 is 0.549 bits per heavy atom. The smallest absolute Gasteiger partial charge is 0.306 e. The van der Waals surface area contributed by atoms with E-state index in [0.717, 1.165) is 116 Å². The molecule has 406 valence electrons.